The summed E-state index contributed by atoms with van der Waals surface area (Å²) in [5.41, 5.74) is 2.88. The SMILES string of the molecule is COC(=O)CN(Cc1ccccc1C)C(=O)/C=C\c1cnn(C)c1. The van der Waals surface area contributed by atoms with Gasteiger partial charge in [0.2, 0.25) is 5.91 Å². The Bertz CT molecular complexity index is 749. The van der Waals surface area contributed by atoms with Gasteiger partial charge in [-0.05, 0) is 24.1 Å². The summed E-state index contributed by atoms with van der Waals surface area (Å²) in [5, 5.41) is 4.05. The third-order valence-corrected chi connectivity index (χ3v) is 3.62. The molecule has 2 rings (SSSR count). The number of ether oxygens (including phenoxy) is 1. The first kappa shape index (κ1) is 17.5. The van der Waals surface area contributed by atoms with E-state index in [0.29, 0.717) is 6.54 Å². The van der Waals surface area contributed by atoms with Gasteiger partial charge in [0.15, 0.2) is 0 Å². The minimum absolute atomic E-state index is 0.0962. The number of hydrogen-bond donors (Lipinski definition) is 0. The molecule has 1 heterocycles. The van der Waals surface area contributed by atoms with Gasteiger partial charge >= 0.3 is 5.97 Å². The van der Waals surface area contributed by atoms with E-state index in [1.165, 1.54) is 18.1 Å². The number of rotatable bonds is 6. The zero-order chi connectivity index (χ0) is 17.5. The number of nitrogens with zero attached hydrogens (tertiary/aromatic N) is 3. The average Bonchev–Trinajstić information content (AvgIpc) is 2.99. The fourth-order valence-electron chi connectivity index (χ4n) is 2.22. The highest BCUT2D eigenvalue weighted by molar-refractivity contribution is 5.93. The van der Waals surface area contributed by atoms with Crippen molar-refractivity contribution in [2.24, 2.45) is 7.05 Å². The zero-order valence-electron chi connectivity index (χ0n) is 14.1. The summed E-state index contributed by atoms with van der Waals surface area (Å²) in [7, 11) is 3.12. The van der Waals surface area contributed by atoms with Crippen molar-refractivity contribution in [2.45, 2.75) is 13.5 Å². The van der Waals surface area contributed by atoms with Crippen LogP contribution in [0.15, 0.2) is 42.7 Å². The summed E-state index contributed by atoms with van der Waals surface area (Å²) in [6, 6.07) is 7.77. The molecule has 0 fully saturated rings. The summed E-state index contributed by atoms with van der Waals surface area (Å²) >= 11 is 0. The standard InChI is InChI=1S/C18H21N3O3/c1-14-6-4-5-7-16(14)12-21(13-18(23)24-3)17(22)9-8-15-10-19-20(2)11-15/h4-11H,12-13H2,1-3H3/b9-8-. The Morgan fingerprint density at radius 3 is 2.71 bits per heavy atom. The van der Waals surface area contributed by atoms with Crippen LogP contribution in [0.5, 0.6) is 0 Å². The first-order valence-corrected chi connectivity index (χ1v) is 7.56. The number of benzene rings is 1. The summed E-state index contributed by atoms with van der Waals surface area (Å²) in [6.45, 7) is 2.22. The van der Waals surface area contributed by atoms with E-state index in [1.807, 2.05) is 31.2 Å². The third kappa shape index (κ3) is 4.81. The third-order valence-electron chi connectivity index (χ3n) is 3.62. The molecule has 0 N–H and O–H groups in total. The van der Waals surface area contributed by atoms with Gasteiger partial charge in [0.1, 0.15) is 6.54 Å². The minimum atomic E-state index is -0.452. The lowest BCUT2D eigenvalue weighted by atomic mass is 10.1. The largest absolute Gasteiger partial charge is 0.468 e. The van der Waals surface area contributed by atoms with Gasteiger partial charge in [-0.2, -0.15) is 5.10 Å². The zero-order valence-corrected chi connectivity index (χ0v) is 14.1. The predicted octanol–water partition coefficient (Wildman–Crippen LogP) is 1.94. The molecular weight excluding hydrogens is 306 g/mol. The fraction of sp³-hybridized carbons (Fsp3) is 0.278. The number of aromatic nitrogens is 2. The van der Waals surface area contributed by atoms with E-state index in [-0.39, 0.29) is 12.5 Å². The van der Waals surface area contributed by atoms with Crippen LogP contribution in [0, 0.1) is 6.92 Å². The molecule has 0 radical (unpaired) electrons. The van der Waals surface area contributed by atoms with Gasteiger partial charge in [0.05, 0.1) is 13.3 Å². The van der Waals surface area contributed by atoms with Crippen molar-refractivity contribution in [1.82, 2.24) is 14.7 Å². The van der Waals surface area contributed by atoms with Crippen molar-refractivity contribution in [3.63, 3.8) is 0 Å². The first-order valence-electron chi connectivity index (χ1n) is 7.56. The summed E-state index contributed by atoms with van der Waals surface area (Å²) in [5.74, 6) is -0.709. The monoisotopic (exact) mass is 327 g/mol. The molecule has 1 aromatic heterocycles. The van der Waals surface area contributed by atoms with Crippen LogP contribution in [0.3, 0.4) is 0 Å². The molecule has 126 valence electrons. The van der Waals surface area contributed by atoms with E-state index >= 15 is 0 Å². The van der Waals surface area contributed by atoms with Gasteiger partial charge in [0.25, 0.3) is 0 Å². The number of aryl methyl sites for hydroxylation is 2. The van der Waals surface area contributed by atoms with Gasteiger partial charge in [-0.25, -0.2) is 0 Å². The highest BCUT2D eigenvalue weighted by Crippen LogP contribution is 2.11. The summed E-state index contributed by atoms with van der Waals surface area (Å²) in [4.78, 5) is 25.6. The lowest BCUT2D eigenvalue weighted by Gasteiger charge is -2.21. The topological polar surface area (TPSA) is 64.4 Å². The summed E-state index contributed by atoms with van der Waals surface area (Å²) < 4.78 is 6.35. The number of carbonyl (C=O) groups is 2. The molecule has 1 aromatic carbocycles. The lowest BCUT2D eigenvalue weighted by Crippen LogP contribution is -2.34. The van der Waals surface area contributed by atoms with E-state index in [2.05, 4.69) is 5.10 Å². The number of hydrogen-bond acceptors (Lipinski definition) is 4. The molecule has 6 nitrogen and oxygen atoms in total. The van der Waals surface area contributed by atoms with E-state index < -0.39 is 5.97 Å². The second-order valence-corrected chi connectivity index (χ2v) is 5.48. The first-order chi connectivity index (χ1) is 11.5. The average molecular weight is 327 g/mol. The number of carbonyl (C=O) groups excluding carboxylic acids is 2. The number of esters is 1. The van der Waals surface area contributed by atoms with Crippen molar-refractivity contribution in [1.29, 1.82) is 0 Å². The molecule has 2 aromatic rings. The van der Waals surface area contributed by atoms with Crippen LogP contribution in [0.25, 0.3) is 6.08 Å². The Hall–Kier alpha value is -2.89. The van der Waals surface area contributed by atoms with Crippen molar-refractivity contribution >= 4 is 18.0 Å². The van der Waals surface area contributed by atoms with Crippen molar-refractivity contribution in [3.8, 4) is 0 Å². The van der Waals surface area contributed by atoms with Crippen LogP contribution < -0.4 is 0 Å². The lowest BCUT2D eigenvalue weighted by molar-refractivity contribution is -0.145. The maximum atomic E-state index is 12.5. The molecule has 1 amide bonds. The van der Waals surface area contributed by atoms with Crippen LogP contribution >= 0.6 is 0 Å². The fourth-order valence-corrected chi connectivity index (χ4v) is 2.22. The normalized spacial score (nSPS) is 10.8. The van der Waals surface area contributed by atoms with Gasteiger partial charge in [-0.1, -0.05) is 24.3 Å². The van der Waals surface area contributed by atoms with Gasteiger partial charge in [-0.3, -0.25) is 14.3 Å². The molecule has 0 aliphatic carbocycles. The van der Waals surface area contributed by atoms with E-state index in [9.17, 15) is 9.59 Å². The van der Waals surface area contributed by atoms with E-state index in [4.69, 9.17) is 4.74 Å². The van der Waals surface area contributed by atoms with Crippen LogP contribution in [-0.4, -0.2) is 40.2 Å². The molecule has 24 heavy (non-hydrogen) atoms. The maximum Gasteiger partial charge on any atom is 0.325 e. The predicted molar refractivity (Wildman–Crippen MR) is 90.9 cm³/mol. The second-order valence-electron chi connectivity index (χ2n) is 5.48. The molecule has 0 saturated carbocycles. The molecule has 0 spiro atoms. The van der Waals surface area contributed by atoms with Crippen LogP contribution in [0.2, 0.25) is 0 Å². The Labute approximate surface area is 141 Å². The minimum Gasteiger partial charge on any atom is -0.468 e. The Morgan fingerprint density at radius 1 is 1.33 bits per heavy atom. The van der Waals surface area contributed by atoms with Gasteiger partial charge in [0, 0.05) is 31.4 Å². The van der Waals surface area contributed by atoms with E-state index in [0.717, 1.165) is 16.7 Å². The number of methoxy groups -OCH3 is 1. The Kier molecular flexibility index (Phi) is 5.89. The van der Waals surface area contributed by atoms with Gasteiger partial charge < -0.3 is 9.64 Å². The van der Waals surface area contributed by atoms with Crippen molar-refractivity contribution < 1.29 is 14.3 Å². The number of amides is 1. The Balaban J connectivity index is 2.15. The molecule has 0 aliphatic heterocycles. The highest BCUT2D eigenvalue weighted by atomic mass is 16.5. The van der Waals surface area contributed by atoms with Crippen LogP contribution in [-0.2, 0) is 27.9 Å². The van der Waals surface area contributed by atoms with Crippen molar-refractivity contribution in [2.75, 3.05) is 13.7 Å². The molecule has 6 heteroatoms. The summed E-state index contributed by atoms with van der Waals surface area (Å²) in [6.07, 6.45) is 6.58. The molecule has 0 aliphatic rings. The Morgan fingerprint density at radius 2 is 2.08 bits per heavy atom. The smallest absolute Gasteiger partial charge is 0.325 e. The maximum absolute atomic E-state index is 12.5. The molecule has 0 bridgehead atoms. The molecule has 0 unspecified atom stereocenters. The molecule has 0 atom stereocenters. The van der Waals surface area contributed by atoms with Crippen LogP contribution in [0.1, 0.15) is 16.7 Å². The van der Waals surface area contributed by atoms with Crippen molar-refractivity contribution in [3.05, 3.63) is 59.4 Å². The van der Waals surface area contributed by atoms with E-state index in [1.54, 1.807) is 30.2 Å². The van der Waals surface area contributed by atoms with Crippen LogP contribution in [0.4, 0.5) is 0 Å². The highest BCUT2D eigenvalue weighted by Gasteiger charge is 2.16. The molecule has 0 saturated heterocycles. The quantitative estimate of drug-likeness (QED) is 0.601. The van der Waals surface area contributed by atoms with Gasteiger partial charge in [-0.15, -0.1) is 0 Å². The second kappa shape index (κ2) is 8.10. The molecular formula is C18H21N3O3.